The van der Waals surface area contributed by atoms with Gasteiger partial charge < -0.3 is 9.88 Å². The zero-order chi connectivity index (χ0) is 24.4. The van der Waals surface area contributed by atoms with E-state index in [0.29, 0.717) is 17.1 Å². The van der Waals surface area contributed by atoms with Gasteiger partial charge in [-0.25, -0.2) is 0 Å². The molecular weight excluding hydrogens is 452 g/mol. The lowest BCUT2D eigenvalue weighted by atomic mass is 9.96. The van der Waals surface area contributed by atoms with E-state index in [4.69, 9.17) is 0 Å². The first-order valence-electron chi connectivity index (χ1n) is 11.7. The Morgan fingerprint density at radius 2 is 1.89 bits per heavy atom. The van der Waals surface area contributed by atoms with Crippen molar-refractivity contribution >= 4 is 39.2 Å². The van der Waals surface area contributed by atoms with Gasteiger partial charge in [0.1, 0.15) is 22.7 Å². The van der Waals surface area contributed by atoms with Crippen LogP contribution in [0.1, 0.15) is 45.5 Å². The van der Waals surface area contributed by atoms with E-state index in [0.717, 1.165) is 47.7 Å². The minimum absolute atomic E-state index is 0.0125. The van der Waals surface area contributed by atoms with Crippen molar-refractivity contribution in [2.45, 2.75) is 39.2 Å². The van der Waals surface area contributed by atoms with E-state index < -0.39 is 5.91 Å². The van der Waals surface area contributed by atoms with Crippen molar-refractivity contribution in [3.63, 3.8) is 0 Å². The fourth-order valence-corrected chi connectivity index (χ4v) is 5.89. The maximum atomic E-state index is 13.1. The fraction of sp³-hybridized carbons (Fsp3) is 0.207. The van der Waals surface area contributed by atoms with Crippen LogP contribution in [0, 0.1) is 29.6 Å². The summed E-state index contributed by atoms with van der Waals surface area (Å²) >= 11 is 1.46. The summed E-state index contributed by atoms with van der Waals surface area (Å²) in [6, 6.07) is 20.7. The highest BCUT2D eigenvalue weighted by atomic mass is 32.1. The molecule has 2 aromatic carbocycles. The van der Waals surface area contributed by atoms with Crippen molar-refractivity contribution in [2.24, 2.45) is 0 Å². The molecule has 5 nitrogen and oxygen atoms in total. The first-order chi connectivity index (χ1) is 17.1. The predicted octanol–water partition coefficient (Wildman–Crippen LogP) is 6.36. The van der Waals surface area contributed by atoms with E-state index in [-0.39, 0.29) is 5.57 Å². The summed E-state index contributed by atoms with van der Waals surface area (Å²) < 4.78 is 2.14. The number of thiophene rings is 1. The lowest BCUT2D eigenvalue weighted by Gasteiger charge is -2.09. The number of nitriles is 2. The SMILES string of the molecule is Cc1ccc(Cn2cc(/C=C(\C#N)C(=O)Nc3sc4c(c3C#N)CCCC4)c3ccccc32)cc1. The van der Waals surface area contributed by atoms with Gasteiger partial charge in [0.05, 0.1) is 5.56 Å². The molecule has 0 saturated carbocycles. The summed E-state index contributed by atoms with van der Waals surface area (Å²) in [6.07, 6.45) is 7.59. The molecule has 1 aliphatic rings. The van der Waals surface area contributed by atoms with E-state index in [1.54, 1.807) is 6.08 Å². The number of anilines is 1. The van der Waals surface area contributed by atoms with Gasteiger partial charge in [-0.1, -0.05) is 48.0 Å². The van der Waals surface area contributed by atoms with Crippen LogP contribution in [0.5, 0.6) is 0 Å². The van der Waals surface area contributed by atoms with Crippen molar-refractivity contribution in [1.29, 1.82) is 10.5 Å². The Bertz CT molecular complexity index is 1540. The molecule has 6 heteroatoms. The number of nitrogens with zero attached hydrogens (tertiary/aromatic N) is 3. The number of aryl methyl sites for hydroxylation is 2. The molecule has 0 spiro atoms. The average molecular weight is 477 g/mol. The molecule has 2 aromatic heterocycles. The Morgan fingerprint density at radius 3 is 2.66 bits per heavy atom. The van der Waals surface area contributed by atoms with Gasteiger partial charge >= 0.3 is 0 Å². The second-order valence-corrected chi connectivity index (χ2v) is 9.97. The quantitative estimate of drug-likeness (QED) is 0.269. The van der Waals surface area contributed by atoms with E-state index in [1.807, 2.05) is 30.5 Å². The van der Waals surface area contributed by atoms with Crippen LogP contribution in [-0.2, 0) is 24.2 Å². The van der Waals surface area contributed by atoms with Crippen LogP contribution < -0.4 is 5.32 Å². The molecule has 0 unspecified atom stereocenters. The number of carbonyl (C=O) groups excluding carboxylic acids is 1. The average Bonchev–Trinajstić information content (AvgIpc) is 3.41. The summed E-state index contributed by atoms with van der Waals surface area (Å²) in [5, 5.41) is 23.9. The summed E-state index contributed by atoms with van der Waals surface area (Å²) in [6.45, 7) is 2.76. The lowest BCUT2D eigenvalue weighted by molar-refractivity contribution is -0.112. The van der Waals surface area contributed by atoms with Gasteiger partial charge in [-0.15, -0.1) is 11.3 Å². The third-order valence-electron chi connectivity index (χ3n) is 6.47. The molecule has 0 fully saturated rings. The zero-order valence-corrected chi connectivity index (χ0v) is 20.3. The first-order valence-corrected chi connectivity index (χ1v) is 12.5. The molecule has 5 rings (SSSR count). The molecule has 2 heterocycles. The lowest BCUT2D eigenvalue weighted by Crippen LogP contribution is -2.13. The smallest absolute Gasteiger partial charge is 0.266 e. The van der Waals surface area contributed by atoms with E-state index >= 15 is 0 Å². The van der Waals surface area contributed by atoms with Crippen LogP contribution in [0.2, 0.25) is 0 Å². The van der Waals surface area contributed by atoms with Crippen molar-refractivity contribution in [3.05, 3.63) is 93.0 Å². The third kappa shape index (κ3) is 4.49. The van der Waals surface area contributed by atoms with E-state index in [2.05, 4.69) is 53.2 Å². The number of amides is 1. The zero-order valence-electron chi connectivity index (χ0n) is 19.5. The molecule has 35 heavy (non-hydrogen) atoms. The number of fused-ring (bicyclic) bond motifs is 2. The molecule has 1 amide bonds. The van der Waals surface area contributed by atoms with Crippen LogP contribution in [0.4, 0.5) is 5.00 Å². The Hall–Kier alpha value is -4.13. The Morgan fingerprint density at radius 1 is 1.11 bits per heavy atom. The van der Waals surface area contributed by atoms with Gasteiger partial charge in [-0.2, -0.15) is 10.5 Å². The number of para-hydroxylation sites is 1. The van der Waals surface area contributed by atoms with Crippen molar-refractivity contribution < 1.29 is 4.79 Å². The topological polar surface area (TPSA) is 81.6 Å². The molecule has 0 radical (unpaired) electrons. The second kappa shape index (κ2) is 9.62. The monoisotopic (exact) mass is 476 g/mol. The normalized spacial score (nSPS) is 13.2. The Labute approximate surface area is 208 Å². The fourth-order valence-electron chi connectivity index (χ4n) is 4.66. The number of hydrogen-bond donors (Lipinski definition) is 1. The molecule has 1 N–H and O–H groups in total. The number of aromatic nitrogens is 1. The number of nitrogens with one attached hydrogen (secondary N) is 1. The predicted molar refractivity (Wildman–Crippen MR) is 140 cm³/mol. The number of hydrogen-bond acceptors (Lipinski definition) is 4. The van der Waals surface area contributed by atoms with Crippen molar-refractivity contribution in [3.8, 4) is 12.1 Å². The van der Waals surface area contributed by atoms with Crippen molar-refractivity contribution in [1.82, 2.24) is 4.57 Å². The minimum Gasteiger partial charge on any atom is -0.342 e. The van der Waals surface area contributed by atoms with Crippen LogP contribution in [0.15, 0.2) is 60.3 Å². The second-order valence-electron chi connectivity index (χ2n) is 8.87. The minimum atomic E-state index is -0.488. The maximum absolute atomic E-state index is 13.1. The van der Waals surface area contributed by atoms with Crippen LogP contribution >= 0.6 is 11.3 Å². The number of rotatable bonds is 5. The maximum Gasteiger partial charge on any atom is 0.266 e. The number of benzene rings is 2. The highest BCUT2D eigenvalue weighted by Gasteiger charge is 2.23. The summed E-state index contributed by atoms with van der Waals surface area (Å²) in [7, 11) is 0. The van der Waals surface area contributed by atoms with Crippen LogP contribution in [0.3, 0.4) is 0 Å². The molecule has 172 valence electrons. The highest BCUT2D eigenvalue weighted by molar-refractivity contribution is 7.16. The molecule has 0 atom stereocenters. The Kier molecular flexibility index (Phi) is 6.23. The molecule has 0 saturated heterocycles. The molecule has 0 aliphatic heterocycles. The van der Waals surface area contributed by atoms with E-state index in [1.165, 1.54) is 27.3 Å². The first kappa shape index (κ1) is 22.7. The standard InChI is InChI=1S/C29H24N4OS/c1-19-10-12-20(13-11-19)17-33-18-22(23-6-2-4-8-26(23)33)14-21(15-30)28(34)32-29-25(16-31)24-7-3-5-9-27(24)35-29/h2,4,6,8,10-14,18H,3,5,7,9,17H2,1H3,(H,32,34)/b21-14+. The number of carbonyl (C=O) groups is 1. The molecule has 4 aromatic rings. The summed E-state index contributed by atoms with van der Waals surface area (Å²) in [5.74, 6) is -0.488. The Balaban J connectivity index is 1.47. The highest BCUT2D eigenvalue weighted by Crippen LogP contribution is 2.38. The molecule has 0 bridgehead atoms. The van der Waals surface area contributed by atoms with Crippen molar-refractivity contribution in [2.75, 3.05) is 5.32 Å². The van der Waals surface area contributed by atoms with Gasteiger partial charge in [0.15, 0.2) is 0 Å². The molecular formula is C29H24N4OS. The van der Waals surface area contributed by atoms with E-state index in [9.17, 15) is 15.3 Å². The van der Waals surface area contributed by atoms with Crippen LogP contribution in [-0.4, -0.2) is 10.5 Å². The third-order valence-corrected chi connectivity index (χ3v) is 7.68. The largest absolute Gasteiger partial charge is 0.342 e. The summed E-state index contributed by atoms with van der Waals surface area (Å²) in [5.41, 5.74) is 5.85. The van der Waals surface area contributed by atoms with Gasteiger partial charge in [0.2, 0.25) is 0 Å². The van der Waals surface area contributed by atoms with Gasteiger partial charge in [-0.05, 0) is 55.9 Å². The van der Waals surface area contributed by atoms with Gasteiger partial charge in [-0.3, -0.25) is 4.79 Å². The summed E-state index contributed by atoms with van der Waals surface area (Å²) in [4.78, 5) is 14.3. The van der Waals surface area contributed by atoms with Crippen LogP contribution in [0.25, 0.3) is 17.0 Å². The van der Waals surface area contributed by atoms with Gasteiger partial charge in [0.25, 0.3) is 5.91 Å². The van der Waals surface area contributed by atoms with Gasteiger partial charge in [0, 0.05) is 34.1 Å². The molecule has 1 aliphatic carbocycles.